The van der Waals surface area contributed by atoms with Crippen LogP contribution in [-0.4, -0.2) is 15.9 Å². The van der Waals surface area contributed by atoms with Crippen LogP contribution in [0.2, 0.25) is 0 Å². The predicted octanol–water partition coefficient (Wildman–Crippen LogP) is 4.22. The molecule has 0 unspecified atom stereocenters. The van der Waals surface area contributed by atoms with Gasteiger partial charge in [0.25, 0.3) is 5.91 Å². The normalized spacial score (nSPS) is 10.3. The number of carbonyl (C=O) groups excluding carboxylic acids is 1. The Hall–Kier alpha value is -2.73. The fraction of sp³-hybridized carbons (Fsp3) is 0.105. The smallest absolute Gasteiger partial charge is 0.270 e. The molecular weight excluding hydrogens is 380 g/mol. The molecule has 0 bridgehead atoms. The fourth-order valence-corrected chi connectivity index (χ4v) is 2.62. The Morgan fingerprint density at radius 1 is 1.12 bits per heavy atom. The maximum Gasteiger partial charge on any atom is 0.270 e. The molecule has 25 heavy (non-hydrogen) atoms. The van der Waals surface area contributed by atoms with Crippen LogP contribution < -0.4 is 10.6 Å². The molecule has 1 heterocycles. The molecule has 2 aromatic carbocycles. The van der Waals surface area contributed by atoms with Crippen molar-refractivity contribution in [2.24, 2.45) is 0 Å². The van der Waals surface area contributed by atoms with Gasteiger partial charge in [0.2, 0.25) is 5.95 Å². The van der Waals surface area contributed by atoms with Crippen molar-refractivity contribution in [1.29, 1.82) is 0 Å². The Morgan fingerprint density at radius 3 is 2.68 bits per heavy atom. The molecule has 0 saturated carbocycles. The van der Waals surface area contributed by atoms with E-state index in [2.05, 4.69) is 36.5 Å². The zero-order valence-corrected chi connectivity index (χ0v) is 15.2. The van der Waals surface area contributed by atoms with Gasteiger partial charge in [-0.3, -0.25) is 4.79 Å². The summed E-state index contributed by atoms with van der Waals surface area (Å²) in [6.45, 7) is 2.49. The summed E-state index contributed by atoms with van der Waals surface area (Å²) in [5.41, 5.74) is 3.39. The van der Waals surface area contributed by atoms with Crippen molar-refractivity contribution in [2.75, 3.05) is 5.32 Å². The molecular formula is C19H17BrN4O. The number of halogens is 1. The number of amides is 1. The lowest BCUT2D eigenvalue weighted by Crippen LogP contribution is -2.24. The van der Waals surface area contributed by atoms with Crippen LogP contribution in [0.3, 0.4) is 0 Å². The lowest BCUT2D eigenvalue weighted by molar-refractivity contribution is 0.0946. The Bertz CT molecular complexity index is 881. The van der Waals surface area contributed by atoms with Crippen LogP contribution in [0, 0.1) is 6.92 Å². The number of nitrogens with zero attached hydrogens (tertiary/aromatic N) is 2. The lowest BCUT2D eigenvalue weighted by Gasteiger charge is -2.08. The molecule has 0 fully saturated rings. The fourth-order valence-electron chi connectivity index (χ4n) is 2.22. The van der Waals surface area contributed by atoms with Gasteiger partial charge in [0.05, 0.1) is 0 Å². The molecule has 6 heteroatoms. The second kappa shape index (κ2) is 7.90. The average molecular weight is 397 g/mol. The molecule has 1 aromatic heterocycles. The van der Waals surface area contributed by atoms with Gasteiger partial charge < -0.3 is 10.6 Å². The topological polar surface area (TPSA) is 66.9 Å². The van der Waals surface area contributed by atoms with Gasteiger partial charge >= 0.3 is 0 Å². The average Bonchev–Trinajstić information content (AvgIpc) is 2.61. The van der Waals surface area contributed by atoms with Crippen molar-refractivity contribution in [2.45, 2.75) is 13.5 Å². The van der Waals surface area contributed by atoms with Crippen molar-refractivity contribution in [1.82, 2.24) is 15.3 Å². The number of aromatic nitrogens is 2. The third kappa shape index (κ3) is 4.87. The van der Waals surface area contributed by atoms with Crippen molar-refractivity contribution in [3.63, 3.8) is 0 Å². The first-order valence-corrected chi connectivity index (χ1v) is 8.59. The summed E-state index contributed by atoms with van der Waals surface area (Å²) >= 11 is 3.42. The van der Waals surface area contributed by atoms with Gasteiger partial charge in [0, 0.05) is 22.9 Å². The van der Waals surface area contributed by atoms with Crippen molar-refractivity contribution < 1.29 is 4.79 Å². The number of nitrogens with one attached hydrogen (secondary N) is 2. The first-order valence-electron chi connectivity index (χ1n) is 7.79. The number of benzene rings is 2. The predicted molar refractivity (Wildman–Crippen MR) is 102 cm³/mol. The molecule has 0 aliphatic rings. The van der Waals surface area contributed by atoms with E-state index in [-0.39, 0.29) is 5.91 Å². The first-order chi connectivity index (χ1) is 12.1. The molecule has 5 nitrogen and oxygen atoms in total. The minimum atomic E-state index is -0.236. The minimum Gasteiger partial charge on any atom is -0.347 e. The van der Waals surface area contributed by atoms with Crippen LogP contribution in [0.5, 0.6) is 0 Å². The van der Waals surface area contributed by atoms with Gasteiger partial charge in [-0.25, -0.2) is 9.97 Å². The Morgan fingerprint density at radius 2 is 1.92 bits per heavy atom. The van der Waals surface area contributed by atoms with Gasteiger partial charge in [-0.1, -0.05) is 51.8 Å². The summed E-state index contributed by atoms with van der Waals surface area (Å²) in [6, 6.07) is 17.3. The van der Waals surface area contributed by atoms with Crippen LogP contribution in [-0.2, 0) is 6.54 Å². The molecule has 1 amide bonds. The Balaban J connectivity index is 1.65. The van der Waals surface area contributed by atoms with Crippen LogP contribution in [0.1, 0.15) is 21.6 Å². The second-order valence-electron chi connectivity index (χ2n) is 5.57. The number of hydrogen-bond donors (Lipinski definition) is 2. The quantitative estimate of drug-likeness (QED) is 0.677. The third-order valence-corrected chi connectivity index (χ3v) is 4.04. The highest BCUT2D eigenvalue weighted by Gasteiger charge is 2.09. The number of rotatable bonds is 5. The Labute approximate surface area is 154 Å². The number of aryl methyl sites for hydroxylation is 1. The highest BCUT2D eigenvalue weighted by molar-refractivity contribution is 9.10. The molecule has 0 spiro atoms. The van der Waals surface area contributed by atoms with E-state index in [9.17, 15) is 4.79 Å². The molecule has 0 aliphatic carbocycles. The molecule has 3 aromatic rings. The van der Waals surface area contributed by atoms with Gasteiger partial charge in [-0.05, 0) is 36.8 Å². The van der Waals surface area contributed by atoms with E-state index >= 15 is 0 Å². The molecule has 3 rings (SSSR count). The summed E-state index contributed by atoms with van der Waals surface area (Å²) in [6.07, 6.45) is 1.56. The minimum absolute atomic E-state index is 0.236. The van der Waals surface area contributed by atoms with Crippen molar-refractivity contribution in [3.05, 3.63) is 82.1 Å². The summed E-state index contributed by atoms with van der Waals surface area (Å²) in [5, 5.41) is 5.96. The summed E-state index contributed by atoms with van der Waals surface area (Å²) in [4.78, 5) is 20.7. The van der Waals surface area contributed by atoms with Crippen LogP contribution in [0.4, 0.5) is 11.6 Å². The van der Waals surface area contributed by atoms with Gasteiger partial charge in [0.15, 0.2) is 0 Å². The number of hydrogen-bond acceptors (Lipinski definition) is 4. The standard InChI is InChI=1S/C19H17BrN4O/c1-13-5-7-14(8-6-13)12-22-18(25)17-9-10-21-19(24-17)23-16-4-2-3-15(20)11-16/h2-11H,12H2,1H3,(H,22,25)(H,21,23,24). The van der Waals surface area contributed by atoms with Crippen molar-refractivity contribution >= 4 is 33.5 Å². The molecule has 2 N–H and O–H groups in total. The SMILES string of the molecule is Cc1ccc(CNC(=O)c2ccnc(Nc3cccc(Br)c3)n2)cc1. The summed E-state index contributed by atoms with van der Waals surface area (Å²) in [5.74, 6) is 0.140. The van der Waals surface area contributed by atoms with E-state index in [0.29, 0.717) is 18.2 Å². The van der Waals surface area contributed by atoms with Crippen LogP contribution in [0.25, 0.3) is 0 Å². The van der Waals surface area contributed by atoms with Gasteiger partial charge in [-0.2, -0.15) is 0 Å². The van der Waals surface area contributed by atoms with Crippen LogP contribution in [0.15, 0.2) is 65.3 Å². The van der Waals surface area contributed by atoms with Crippen molar-refractivity contribution in [3.8, 4) is 0 Å². The van der Waals surface area contributed by atoms with Gasteiger partial charge in [-0.15, -0.1) is 0 Å². The second-order valence-corrected chi connectivity index (χ2v) is 6.48. The summed E-state index contributed by atoms with van der Waals surface area (Å²) in [7, 11) is 0. The maximum absolute atomic E-state index is 12.3. The van der Waals surface area contributed by atoms with E-state index in [1.165, 1.54) is 5.56 Å². The lowest BCUT2D eigenvalue weighted by atomic mass is 10.1. The van der Waals surface area contributed by atoms with E-state index in [0.717, 1.165) is 15.7 Å². The zero-order valence-electron chi connectivity index (χ0n) is 13.7. The molecule has 0 atom stereocenters. The first kappa shape index (κ1) is 17.1. The highest BCUT2D eigenvalue weighted by atomic mass is 79.9. The van der Waals surface area contributed by atoms with Crippen LogP contribution >= 0.6 is 15.9 Å². The highest BCUT2D eigenvalue weighted by Crippen LogP contribution is 2.18. The molecule has 0 aliphatic heterocycles. The maximum atomic E-state index is 12.3. The Kier molecular flexibility index (Phi) is 5.40. The monoisotopic (exact) mass is 396 g/mol. The number of carbonyl (C=O) groups is 1. The van der Waals surface area contributed by atoms with E-state index in [1.54, 1.807) is 12.3 Å². The third-order valence-electron chi connectivity index (χ3n) is 3.54. The van der Waals surface area contributed by atoms with E-state index in [1.807, 2.05) is 55.5 Å². The largest absolute Gasteiger partial charge is 0.347 e. The molecule has 0 saturated heterocycles. The number of anilines is 2. The van der Waals surface area contributed by atoms with E-state index in [4.69, 9.17) is 0 Å². The summed E-state index contributed by atoms with van der Waals surface area (Å²) < 4.78 is 0.949. The molecule has 126 valence electrons. The van der Waals surface area contributed by atoms with Gasteiger partial charge in [0.1, 0.15) is 5.69 Å². The molecule has 0 radical (unpaired) electrons. The zero-order chi connectivity index (χ0) is 17.6. The van der Waals surface area contributed by atoms with E-state index < -0.39 is 0 Å².